The average Bonchev–Trinajstić information content (AvgIpc) is 2.32. The summed E-state index contributed by atoms with van der Waals surface area (Å²) in [7, 11) is 0. The first-order valence-corrected chi connectivity index (χ1v) is 6.11. The molecule has 0 saturated carbocycles. The van der Waals surface area contributed by atoms with Gasteiger partial charge in [-0.05, 0) is 30.5 Å². The maximum Gasteiger partial charge on any atom is 0.250 e. The molecule has 1 aromatic carbocycles. The second kappa shape index (κ2) is 4.86. The SMILES string of the molecule is CC1CCN(c2ccc(N)cc2C(N)=O)CC1O. The molecule has 1 amide bonds. The van der Waals surface area contributed by atoms with Gasteiger partial charge in [-0.1, -0.05) is 6.92 Å². The number of primary amides is 1. The summed E-state index contributed by atoms with van der Waals surface area (Å²) in [5.74, 6) is -0.211. The van der Waals surface area contributed by atoms with E-state index in [0.29, 0.717) is 17.8 Å². The summed E-state index contributed by atoms with van der Waals surface area (Å²) >= 11 is 0. The van der Waals surface area contributed by atoms with Gasteiger partial charge in [0, 0.05) is 24.5 Å². The number of aliphatic hydroxyl groups excluding tert-OH is 1. The molecule has 1 heterocycles. The lowest BCUT2D eigenvalue weighted by molar-refractivity contribution is 0.0987. The molecule has 0 bridgehead atoms. The number of carbonyl (C=O) groups is 1. The zero-order valence-corrected chi connectivity index (χ0v) is 10.5. The molecule has 0 aromatic heterocycles. The number of hydrogen-bond donors (Lipinski definition) is 3. The topological polar surface area (TPSA) is 92.6 Å². The van der Waals surface area contributed by atoms with Crippen molar-refractivity contribution in [3.63, 3.8) is 0 Å². The average molecular weight is 249 g/mol. The van der Waals surface area contributed by atoms with Crippen LogP contribution in [0.1, 0.15) is 23.7 Å². The Morgan fingerprint density at radius 3 is 2.83 bits per heavy atom. The number of carbonyl (C=O) groups excluding carboxylic acids is 1. The molecular formula is C13H19N3O2. The van der Waals surface area contributed by atoms with Crippen LogP contribution in [0.25, 0.3) is 0 Å². The first kappa shape index (κ1) is 12.7. The van der Waals surface area contributed by atoms with Crippen LogP contribution >= 0.6 is 0 Å². The van der Waals surface area contributed by atoms with Crippen molar-refractivity contribution >= 4 is 17.3 Å². The monoisotopic (exact) mass is 249 g/mol. The first-order valence-electron chi connectivity index (χ1n) is 6.11. The van der Waals surface area contributed by atoms with Crippen LogP contribution in [0.3, 0.4) is 0 Å². The Bertz CT molecular complexity index is 462. The van der Waals surface area contributed by atoms with Crippen LogP contribution in [-0.4, -0.2) is 30.2 Å². The molecule has 98 valence electrons. The van der Waals surface area contributed by atoms with E-state index in [1.807, 2.05) is 11.8 Å². The minimum absolute atomic E-state index is 0.284. The van der Waals surface area contributed by atoms with Gasteiger partial charge in [0.15, 0.2) is 0 Å². The van der Waals surface area contributed by atoms with Crippen molar-refractivity contribution in [1.82, 2.24) is 0 Å². The van der Waals surface area contributed by atoms with Crippen LogP contribution in [0.5, 0.6) is 0 Å². The number of piperidine rings is 1. The number of hydrogen-bond acceptors (Lipinski definition) is 4. The summed E-state index contributed by atoms with van der Waals surface area (Å²) in [5, 5.41) is 9.91. The summed E-state index contributed by atoms with van der Waals surface area (Å²) in [4.78, 5) is 13.4. The van der Waals surface area contributed by atoms with Crippen molar-refractivity contribution in [2.75, 3.05) is 23.7 Å². The van der Waals surface area contributed by atoms with E-state index in [0.717, 1.165) is 18.7 Å². The lowest BCUT2D eigenvalue weighted by Gasteiger charge is -2.36. The molecule has 2 unspecified atom stereocenters. The quantitative estimate of drug-likeness (QED) is 0.668. The standard InChI is InChI=1S/C13H19N3O2/c1-8-4-5-16(7-12(8)17)11-3-2-9(14)6-10(11)13(15)18/h2-3,6,8,12,17H,4-5,7,14H2,1H3,(H2,15,18). The molecule has 5 heteroatoms. The zero-order chi connectivity index (χ0) is 13.3. The molecule has 2 atom stereocenters. The number of rotatable bonds is 2. The lowest BCUT2D eigenvalue weighted by atomic mass is 9.95. The molecule has 1 fully saturated rings. The number of β-amino-alcohol motifs (C(OH)–C–C–N with tert-alkyl or cyclic N) is 1. The lowest BCUT2D eigenvalue weighted by Crippen LogP contribution is -2.43. The maximum absolute atomic E-state index is 11.4. The van der Waals surface area contributed by atoms with Crippen molar-refractivity contribution < 1.29 is 9.90 Å². The molecule has 5 nitrogen and oxygen atoms in total. The maximum atomic E-state index is 11.4. The number of nitrogens with zero attached hydrogens (tertiary/aromatic N) is 1. The van der Waals surface area contributed by atoms with Gasteiger partial charge in [0.2, 0.25) is 0 Å². The smallest absolute Gasteiger partial charge is 0.250 e. The highest BCUT2D eigenvalue weighted by molar-refractivity contribution is 5.99. The summed E-state index contributed by atoms with van der Waals surface area (Å²) in [6.45, 7) is 3.35. The Hall–Kier alpha value is -1.75. The van der Waals surface area contributed by atoms with Gasteiger partial charge < -0.3 is 21.5 Å². The Balaban J connectivity index is 2.30. The predicted molar refractivity (Wildman–Crippen MR) is 71.4 cm³/mol. The summed E-state index contributed by atoms with van der Waals surface area (Å²) in [5.41, 5.74) is 12.7. The van der Waals surface area contributed by atoms with Crippen molar-refractivity contribution in [3.8, 4) is 0 Å². The largest absolute Gasteiger partial charge is 0.399 e. The van der Waals surface area contributed by atoms with Gasteiger partial charge in [0.1, 0.15) is 0 Å². The molecule has 1 aliphatic rings. The third kappa shape index (κ3) is 2.41. The Morgan fingerprint density at radius 2 is 2.22 bits per heavy atom. The number of benzene rings is 1. The minimum Gasteiger partial charge on any atom is -0.399 e. The van der Waals surface area contributed by atoms with E-state index >= 15 is 0 Å². The van der Waals surface area contributed by atoms with E-state index in [1.54, 1.807) is 18.2 Å². The molecule has 0 radical (unpaired) electrons. The van der Waals surface area contributed by atoms with Crippen molar-refractivity contribution in [1.29, 1.82) is 0 Å². The van der Waals surface area contributed by atoms with Gasteiger partial charge in [-0.3, -0.25) is 4.79 Å². The van der Waals surface area contributed by atoms with Gasteiger partial charge in [-0.2, -0.15) is 0 Å². The number of anilines is 2. The van der Waals surface area contributed by atoms with E-state index in [1.165, 1.54) is 0 Å². The molecule has 5 N–H and O–H groups in total. The Kier molecular flexibility index (Phi) is 3.43. The summed E-state index contributed by atoms with van der Waals surface area (Å²) < 4.78 is 0. The van der Waals surface area contributed by atoms with E-state index in [9.17, 15) is 9.90 Å². The van der Waals surface area contributed by atoms with Crippen molar-refractivity contribution in [3.05, 3.63) is 23.8 Å². The van der Waals surface area contributed by atoms with E-state index in [2.05, 4.69) is 0 Å². The van der Waals surface area contributed by atoms with E-state index < -0.39 is 5.91 Å². The van der Waals surface area contributed by atoms with Crippen molar-refractivity contribution in [2.45, 2.75) is 19.4 Å². The van der Waals surface area contributed by atoms with Gasteiger partial charge in [-0.15, -0.1) is 0 Å². The normalized spacial score (nSPS) is 24.0. The fraction of sp³-hybridized carbons (Fsp3) is 0.462. The van der Waals surface area contributed by atoms with Gasteiger partial charge in [0.25, 0.3) is 5.91 Å². The van der Waals surface area contributed by atoms with Crippen LogP contribution in [0.15, 0.2) is 18.2 Å². The third-order valence-corrected chi connectivity index (χ3v) is 3.55. The molecule has 0 spiro atoms. The fourth-order valence-corrected chi connectivity index (χ4v) is 2.29. The molecule has 1 aliphatic heterocycles. The minimum atomic E-state index is -0.495. The highest BCUT2D eigenvalue weighted by Crippen LogP contribution is 2.27. The third-order valence-electron chi connectivity index (χ3n) is 3.55. The second-order valence-electron chi connectivity index (χ2n) is 4.92. The van der Waals surface area contributed by atoms with Crippen LogP contribution in [0.4, 0.5) is 11.4 Å². The molecule has 18 heavy (non-hydrogen) atoms. The number of aliphatic hydroxyl groups is 1. The van der Waals surface area contributed by atoms with Crippen LogP contribution in [0.2, 0.25) is 0 Å². The van der Waals surface area contributed by atoms with Crippen LogP contribution in [0, 0.1) is 5.92 Å². The highest BCUT2D eigenvalue weighted by Gasteiger charge is 2.26. The summed E-state index contributed by atoms with van der Waals surface area (Å²) in [6, 6.07) is 5.12. The molecule has 2 rings (SSSR count). The Labute approximate surface area is 106 Å². The van der Waals surface area contributed by atoms with Gasteiger partial charge in [0.05, 0.1) is 11.7 Å². The highest BCUT2D eigenvalue weighted by atomic mass is 16.3. The zero-order valence-electron chi connectivity index (χ0n) is 10.5. The van der Waals surface area contributed by atoms with Gasteiger partial charge >= 0.3 is 0 Å². The predicted octanol–water partition coefficient (Wildman–Crippen LogP) is 0.575. The Morgan fingerprint density at radius 1 is 1.50 bits per heavy atom. The van der Waals surface area contributed by atoms with Crippen LogP contribution < -0.4 is 16.4 Å². The fourth-order valence-electron chi connectivity index (χ4n) is 2.29. The summed E-state index contributed by atoms with van der Waals surface area (Å²) in [6.07, 6.45) is 0.515. The van der Waals surface area contributed by atoms with Crippen molar-refractivity contribution in [2.24, 2.45) is 11.7 Å². The molecular weight excluding hydrogens is 230 g/mol. The number of amides is 1. The molecule has 1 saturated heterocycles. The number of nitrogen functional groups attached to an aromatic ring is 1. The van der Waals surface area contributed by atoms with E-state index in [4.69, 9.17) is 11.5 Å². The first-order chi connectivity index (χ1) is 8.49. The van der Waals surface area contributed by atoms with E-state index in [-0.39, 0.29) is 12.0 Å². The van der Waals surface area contributed by atoms with Gasteiger partial charge in [-0.25, -0.2) is 0 Å². The molecule has 1 aromatic rings. The molecule has 0 aliphatic carbocycles. The van der Waals surface area contributed by atoms with Crippen LogP contribution in [-0.2, 0) is 0 Å². The second-order valence-corrected chi connectivity index (χ2v) is 4.92. The number of nitrogens with two attached hydrogens (primary N) is 2.